The Labute approximate surface area is 123 Å². The van der Waals surface area contributed by atoms with E-state index in [1.165, 1.54) is 11.1 Å². The van der Waals surface area contributed by atoms with E-state index in [2.05, 4.69) is 49.4 Å². The second-order valence-corrected chi connectivity index (χ2v) is 4.66. The lowest BCUT2D eigenvalue weighted by Gasteiger charge is -2.13. The van der Waals surface area contributed by atoms with E-state index in [9.17, 15) is 0 Å². The monoisotopic (exact) mass is 270 g/mol. The van der Waals surface area contributed by atoms with Crippen molar-refractivity contribution in [2.75, 3.05) is 7.11 Å². The Morgan fingerprint density at radius 3 is 2.15 bits per heavy atom. The van der Waals surface area contributed by atoms with Gasteiger partial charge in [-0.1, -0.05) is 69.3 Å². The molecule has 0 heterocycles. The lowest BCUT2D eigenvalue weighted by molar-refractivity contribution is 0.408. The second-order valence-electron chi connectivity index (χ2n) is 4.66. The minimum Gasteiger partial charge on any atom is -0.496 e. The van der Waals surface area contributed by atoms with Gasteiger partial charge < -0.3 is 4.74 Å². The van der Waals surface area contributed by atoms with Gasteiger partial charge in [0.25, 0.3) is 0 Å². The van der Waals surface area contributed by atoms with Crippen LogP contribution in [0.25, 0.3) is 0 Å². The number of hydrogen-bond donors (Lipinski definition) is 0. The molecule has 0 N–H and O–H groups in total. The van der Waals surface area contributed by atoms with Crippen molar-refractivity contribution in [2.24, 2.45) is 0 Å². The van der Waals surface area contributed by atoms with Crippen molar-refractivity contribution < 1.29 is 4.74 Å². The van der Waals surface area contributed by atoms with E-state index in [4.69, 9.17) is 4.74 Å². The van der Waals surface area contributed by atoms with Crippen LogP contribution in [0.4, 0.5) is 0 Å². The quantitative estimate of drug-likeness (QED) is 0.701. The number of methoxy groups -OCH3 is 1. The first-order valence-corrected chi connectivity index (χ1v) is 7.48. The number of ether oxygens (including phenoxy) is 1. The zero-order valence-electron chi connectivity index (χ0n) is 13.1. The lowest BCUT2D eigenvalue weighted by atomic mass is 9.94. The van der Waals surface area contributed by atoms with Crippen molar-refractivity contribution in [1.82, 2.24) is 0 Å². The summed E-state index contributed by atoms with van der Waals surface area (Å²) in [4.78, 5) is 0. The van der Waals surface area contributed by atoms with Crippen molar-refractivity contribution >= 4 is 0 Å². The first-order valence-electron chi connectivity index (χ1n) is 7.48. The molecule has 0 aliphatic carbocycles. The van der Waals surface area contributed by atoms with E-state index in [1.807, 2.05) is 26.0 Å². The molecule has 20 heavy (non-hydrogen) atoms. The third-order valence-electron chi connectivity index (χ3n) is 3.41. The number of para-hydroxylation sites is 1. The summed E-state index contributed by atoms with van der Waals surface area (Å²) < 4.78 is 5.38. The van der Waals surface area contributed by atoms with Gasteiger partial charge in [-0.3, -0.25) is 0 Å². The summed E-state index contributed by atoms with van der Waals surface area (Å²) in [6, 6.07) is 19.0. The van der Waals surface area contributed by atoms with Crippen LogP contribution in [0.2, 0.25) is 0 Å². The van der Waals surface area contributed by atoms with Gasteiger partial charge in [-0.05, 0) is 36.0 Å². The van der Waals surface area contributed by atoms with E-state index in [1.54, 1.807) is 7.11 Å². The molecular formula is C19H26O. The van der Waals surface area contributed by atoms with Gasteiger partial charge in [0.2, 0.25) is 0 Å². The zero-order valence-corrected chi connectivity index (χ0v) is 13.1. The number of hydrogen-bond acceptors (Lipinski definition) is 1. The first kappa shape index (κ1) is 16.3. The molecule has 0 amide bonds. The average Bonchev–Trinajstić information content (AvgIpc) is 2.55. The van der Waals surface area contributed by atoms with Crippen molar-refractivity contribution in [3.05, 3.63) is 65.7 Å². The molecule has 0 bridgehead atoms. The highest BCUT2D eigenvalue weighted by Gasteiger charge is 2.07. The molecule has 2 aromatic carbocycles. The maximum atomic E-state index is 5.38. The Bertz CT molecular complexity index is 476. The molecule has 0 saturated heterocycles. The van der Waals surface area contributed by atoms with Crippen LogP contribution in [0, 0.1) is 0 Å². The Hall–Kier alpha value is -1.76. The van der Waals surface area contributed by atoms with Crippen molar-refractivity contribution in [2.45, 2.75) is 39.5 Å². The molecule has 2 rings (SSSR count). The molecule has 0 aliphatic rings. The maximum Gasteiger partial charge on any atom is 0.122 e. The van der Waals surface area contributed by atoms with Crippen LogP contribution in [0.1, 0.15) is 44.2 Å². The fourth-order valence-corrected chi connectivity index (χ4v) is 2.23. The summed E-state index contributed by atoms with van der Waals surface area (Å²) in [5.74, 6) is 1.58. The normalized spacial score (nSPS) is 11.2. The Balaban J connectivity index is 0.000000956. The fourth-order valence-electron chi connectivity index (χ4n) is 2.23. The Kier molecular flexibility index (Phi) is 7.49. The number of benzene rings is 2. The van der Waals surface area contributed by atoms with E-state index in [-0.39, 0.29) is 0 Å². The summed E-state index contributed by atoms with van der Waals surface area (Å²) in [6.07, 6.45) is 2.20. The smallest absolute Gasteiger partial charge is 0.122 e. The number of rotatable bonds is 5. The lowest BCUT2D eigenvalue weighted by Crippen LogP contribution is -1.98. The second kappa shape index (κ2) is 9.19. The molecule has 1 atom stereocenters. The highest BCUT2D eigenvalue weighted by Crippen LogP contribution is 2.24. The number of aryl methyl sites for hydroxylation is 1. The molecule has 0 fully saturated rings. The molecule has 108 valence electrons. The molecule has 1 unspecified atom stereocenters. The van der Waals surface area contributed by atoms with E-state index < -0.39 is 0 Å². The summed E-state index contributed by atoms with van der Waals surface area (Å²) in [7, 11) is 1.74. The van der Waals surface area contributed by atoms with E-state index in [0.717, 1.165) is 18.6 Å². The molecular weight excluding hydrogens is 244 g/mol. The Morgan fingerprint density at radius 1 is 0.900 bits per heavy atom. The van der Waals surface area contributed by atoms with E-state index >= 15 is 0 Å². The molecule has 1 nitrogen and oxygen atoms in total. The summed E-state index contributed by atoms with van der Waals surface area (Å²) in [6.45, 7) is 6.28. The van der Waals surface area contributed by atoms with Crippen LogP contribution < -0.4 is 4.74 Å². The van der Waals surface area contributed by atoms with Crippen molar-refractivity contribution in [1.29, 1.82) is 0 Å². The third-order valence-corrected chi connectivity index (χ3v) is 3.41. The van der Waals surface area contributed by atoms with Gasteiger partial charge in [0.05, 0.1) is 7.11 Å². The van der Waals surface area contributed by atoms with Crippen LogP contribution in [-0.2, 0) is 6.42 Å². The fraction of sp³-hybridized carbons (Fsp3) is 0.368. The highest BCUT2D eigenvalue weighted by atomic mass is 16.5. The molecule has 1 heteroatoms. The summed E-state index contributed by atoms with van der Waals surface area (Å²) >= 11 is 0. The molecule has 0 aromatic heterocycles. The van der Waals surface area contributed by atoms with Crippen LogP contribution >= 0.6 is 0 Å². The van der Waals surface area contributed by atoms with Crippen LogP contribution in [-0.4, -0.2) is 7.11 Å². The standard InChI is InChI=1S/C17H20O.C2H6/c1-14(15-8-4-3-5-9-15)12-13-16-10-6-7-11-17(16)18-2;1-2/h3-11,14H,12-13H2,1-2H3;1-2H3. The topological polar surface area (TPSA) is 9.23 Å². The SMILES string of the molecule is CC.COc1ccccc1CCC(C)c1ccccc1. The minimum absolute atomic E-state index is 0.580. The first-order chi connectivity index (χ1) is 9.81. The largest absolute Gasteiger partial charge is 0.496 e. The maximum absolute atomic E-state index is 5.38. The van der Waals surface area contributed by atoms with Gasteiger partial charge in [0, 0.05) is 0 Å². The summed E-state index contributed by atoms with van der Waals surface area (Å²) in [5, 5.41) is 0. The summed E-state index contributed by atoms with van der Waals surface area (Å²) in [5.41, 5.74) is 2.70. The van der Waals surface area contributed by atoms with Crippen LogP contribution in [0.3, 0.4) is 0 Å². The highest BCUT2D eigenvalue weighted by molar-refractivity contribution is 5.33. The third kappa shape index (κ3) is 4.73. The van der Waals surface area contributed by atoms with Gasteiger partial charge in [0.1, 0.15) is 5.75 Å². The van der Waals surface area contributed by atoms with Gasteiger partial charge >= 0.3 is 0 Å². The van der Waals surface area contributed by atoms with Gasteiger partial charge in [-0.25, -0.2) is 0 Å². The van der Waals surface area contributed by atoms with E-state index in [0.29, 0.717) is 5.92 Å². The minimum atomic E-state index is 0.580. The molecule has 0 radical (unpaired) electrons. The van der Waals surface area contributed by atoms with Gasteiger partial charge in [-0.2, -0.15) is 0 Å². The average molecular weight is 270 g/mol. The molecule has 2 aromatic rings. The van der Waals surface area contributed by atoms with Crippen molar-refractivity contribution in [3.63, 3.8) is 0 Å². The molecule has 0 saturated carbocycles. The van der Waals surface area contributed by atoms with Gasteiger partial charge in [-0.15, -0.1) is 0 Å². The molecule has 0 aliphatic heterocycles. The van der Waals surface area contributed by atoms with Crippen LogP contribution in [0.5, 0.6) is 5.75 Å². The predicted octanol–water partition coefficient (Wildman–Crippen LogP) is 5.46. The Morgan fingerprint density at radius 2 is 1.50 bits per heavy atom. The van der Waals surface area contributed by atoms with Gasteiger partial charge in [0.15, 0.2) is 0 Å². The zero-order chi connectivity index (χ0) is 14.8. The van der Waals surface area contributed by atoms with Crippen molar-refractivity contribution in [3.8, 4) is 5.75 Å². The molecule has 0 spiro atoms. The predicted molar refractivity (Wildman–Crippen MR) is 87.5 cm³/mol. The van der Waals surface area contributed by atoms with Crippen LogP contribution in [0.15, 0.2) is 54.6 Å².